The highest BCUT2D eigenvalue weighted by atomic mass is 16.4. The number of nitrogens with one attached hydrogen (secondary N) is 2. The lowest BCUT2D eigenvalue weighted by atomic mass is 9.82. The molecule has 1 unspecified atom stereocenters. The molecular formula is C12H21N3O4. The van der Waals surface area contributed by atoms with Crippen LogP contribution in [0.2, 0.25) is 0 Å². The number of carbonyl (C=O) groups is 3. The van der Waals surface area contributed by atoms with E-state index in [1.165, 1.54) is 4.90 Å². The molecule has 0 aromatic carbocycles. The Morgan fingerprint density at radius 3 is 2.58 bits per heavy atom. The number of likely N-dealkylation sites (N-methyl/N-ethyl adjacent to an activating group) is 1. The third-order valence-corrected chi connectivity index (χ3v) is 3.27. The first kappa shape index (κ1) is 15.3. The molecule has 0 aromatic rings. The molecule has 108 valence electrons. The van der Waals surface area contributed by atoms with Crippen molar-refractivity contribution in [2.75, 3.05) is 26.2 Å². The Hall–Kier alpha value is -1.79. The van der Waals surface area contributed by atoms with Crippen LogP contribution in [0.5, 0.6) is 0 Å². The number of likely N-dealkylation sites (tertiary alicyclic amines) is 1. The summed E-state index contributed by atoms with van der Waals surface area (Å²) in [4.78, 5) is 35.7. The molecule has 0 radical (unpaired) electrons. The number of piperidine rings is 1. The van der Waals surface area contributed by atoms with Crippen molar-refractivity contribution in [3.05, 3.63) is 0 Å². The van der Waals surface area contributed by atoms with Gasteiger partial charge in [0.05, 0.1) is 12.0 Å². The summed E-state index contributed by atoms with van der Waals surface area (Å²) in [6.45, 7) is 4.54. The summed E-state index contributed by atoms with van der Waals surface area (Å²) in [5, 5.41) is 14.2. The number of hydrogen-bond donors (Lipinski definition) is 3. The molecule has 19 heavy (non-hydrogen) atoms. The summed E-state index contributed by atoms with van der Waals surface area (Å²) in [5.74, 6) is -1.15. The van der Waals surface area contributed by atoms with Crippen LogP contribution in [0.1, 0.15) is 26.7 Å². The van der Waals surface area contributed by atoms with Crippen LogP contribution in [-0.4, -0.2) is 54.1 Å². The van der Waals surface area contributed by atoms with Gasteiger partial charge in [0.2, 0.25) is 5.91 Å². The fourth-order valence-corrected chi connectivity index (χ4v) is 2.11. The Morgan fingerprint density at radius 2 is 2.00 bits per heavy atom. The summed E-state index contributed by atoms with van der Waals surface area (Å²) in [6.07, 6.45) is 1.21. The lowest BCUT2D eigenvalue weighted by Crippen LogP contribution is -2.52. The third kappa shape index (κ3) is 4.11. The highest BCUT2D eigenvalue weighted by Gasteiger charge is 2.39. The maximum Gasteiger partial charge on any atom is 0.317 e. The molecule has 1 rings (SSSR count). The normalized spacial score (nSPS) is 22.7. The first-order valence-electron chi connectivity index (χ1n) is 6.42. The number of nitrogens with zero attached hydrogens (tertiary/aromatic N) is 1. The van der Waals surface area contributed by atoms with E-state index in [-0.39, 0.29) is 19.0 Å². The molecule has 1 aliphatic rings. The molecule has 1 saturated heterocycles. The monoisotopic (exact) mass is 271 g/mol. The fourth-order valence-electron chi connectivity index (χ4n) is 2.11. The molecule has 1 fully saturated rings. The topological polar surface area (TPSA) is 98.7 Å². The maximum absolute atomic E-state index is 11.9. The summed E-state index contributed by atoms with van der Waals surface area (Å²) in [6, 6.07) is -0.390. The lowest BCUT2D eigenvalue weighted by molar-refractivity contribution is -0.150. The smallest absolute Gasteiger partial charge is 0.317 e. The van der Waals surface area contributed by atoms with E-state index in [0.717, 1.165) is 0 Å². The van der Waals surface area contributed by atoms with Crippen molar-refractivity contribution in [3.8, 4) is 0 Å². The van der Waals surface area contributed by atoms with Crippen molar-refractivity contribution in [3.63, 3.8) is 0 Å². The van der Waals surface area contributed by atoms with Gasteiger partial charge in [-0.25, -0.2) is 4.79 Å². The van der Waals surface area contributed by atoms with Crippen molar-refractivity contribution in [2.24, 2.45) is 5.41 Å². The predicted octanol–water partition coefficient (Wildman–Crippen LogP) is 0.0188. The van der Waals surface area contributed by atoms with Gasteiger partial charge >= 0.3 is 12.0 Å². The van der Waals surface area contributed by atoms with E-state index in [4.69, 9.17) is 5.11 Å². The second-order valence-corrected chi connectivity index (χ2v) is 5.00. The summed E-state index contributed by atoms with van der Waals surface area (Å²) < 4.78 is 0. The molecule has 0 aliphatic carbocycles. The van der Waals surface area contributed by atoms with E-state index in [2.05, 4.69) is 10.6 Å². The van der Waals surface area contributed by atoms with Crippen molar-refractivity contribution in [2.45, 2.75) is 26.7 Å². The van der Waals surface area contributed by atoms with Gasteiger partial charge in [-0.3, -0.25) is 9.59 Å². The molecule has 0 bridgehead atoms. The zero-order chi connectivity index (χ0) is 14.5. The molecule has 1 aliphatic heterocycles. The van der Waals surface area contributed by atoms with Gasteiger partial charge in [0.25, 0.3) is 0 Å². The highest BCUT2D eigenvalue weighted by molar-refractivity contribution is 5.84. The van der Waals surface area contributed by atoms with Crippen LogP contribution in [0, 0.1) is 5.41 Å². The maximum atomic E-state index is 11.9. The molecule has 1 atom stereocenters. The van der Waals surface area contributed by atoms with Crippen molar-refractivity contribution < 1.29 is 19.5 Å². The van der Waals surface area contributed by atoms with Crippen molar-refractivity contribution >= 4 is 17.9 Å². The molecule has 3 amide bonds. The van der Waals surface area contributed by atoms with Gasteiger partial charge in [0.1, 0.15) is 0 Å². The zero-order valence-corrected chi connectivity index (χ0v) is 11.4. The van der Waals surface area contributed by atoms with Gasteiger partial charge in [-0.1, -0.05) is 0 Å². The summed E-state index contributed by atoms with van der Waals surface area (Å²) in [7, 11) is 0. The fraction of sp³-hybridized carbons (Fsp3) is 0.750. The first-order valence-corrected chi connectivity index (χ1v) is 6.42. The minimum absolute atomic E-state index is 0.0903. The minimum atomic E-state index is -0.902. The Kier molecular flexibility index (Phi) is 5.14. The number of amides is 3. The number of rotatable bonds is 4. The molecule has 7 heteroatoms. The number of carboxylic acids is 1. The van der Waals surface area contributed by atoms with Crippen LogP contribution in [0.25, 0.3) is 0 Å². The highest BCUT2D eigenvalue weighted by Crippen LogP contribution is 2.29. The molecule has 0 spiro atoms. The van der Waals surface area contributed by atoms with Gasteiger partial charge in [-0.05, 0) is 26.7 Å². The van der Waals surface area contributed by atoms with Gasteiger partial charge in [-0.15, -0.1) is 0 Å². The SMILES string of the molecule is CCNC(=O)CNC(=O)N1CCCC(C)(C(=O)O)C1. The standard InChI is InChI=1S/C12H21N3O4/c1-3-13-9(16)7-14-11(19)15-6-4-5-12(2,8-15)10(17)18/h3-8H2,1-2H3,(H,13,16)(H,14,19)(H,17,18). The third-order valence-electron chi connectivity index (χ3n) is 3.27. The average molecular weight is 271 g/mol. The number of carbonyl (C=O) groups excluding carboxylic acids is 2. The van der Waals surface area contributed by atoms with Crippen LogP contribution in [0.15, 0.2) is 0 Å². The van der Waals surface area contributed by atoms with Crippen LogP contribution in [0.4, 0.5) is 4.79 Å². The molecule has 0 saturated carbocycles. The van der Waals surface area contributed by atoms with E-state index in [0.29, 0.717) is 25.9 Å². The number of urea groups is 1. The lowest BCUT2D eigenvalue weighted by Gasteiger charge is -2.37. The summed E-state index contributed by atoms with van der Waals surface area (Å²) in [5.41, 5.74) is -0.902. The Labute approximate surface area is 112 Å². The second kappa shape index (κ2) is 6.40. The van der Waals surface area contributed by atoms with E-state index in [1.54, 1.807) is 13.8 Å². The van der Waals surface area contributed by atoms with Gasteiger partial charge < -0.3 is 20.6 Å². The Bertz CT molecular complexity index is 372. The van der Waals surface area contributed by atoms with Crippen molar-refractivity contribution in [1.82, 2.24) is 15.5 Å². The largest absolute Gasteiger partial charge is 0.481 e. The zero-order valence-electron chi connectivity index (χ0n) is 11.4. The average Bonchev–Trinajstić information content (AvgIpc) is 2.36. The van der Waals surface area contributed by atoms with Crippen LogP contribution >= 0.6 is 0 Å². The Morgan fingerprint density at radius 1 is 1.32 bits per heavy atom. The predicted molar refractivity (Wildman–Crippen MR) is 68.6 cm³/mol. The number of aliphatic carboxylic acids is 1. The van der Waals surface area contributed by atoms with E-state index < -0.39 is 17.4 Å². The Balaban J connectivity index is 2.49. The molecule has 0 aromatic heterocycles. The van der Waals surface area contributed by atoms with Crippen LogP contribution < -0.4 is 10.6 Å². The molecule has 3 N–H and O–H groups in total. The molecule has 7 nitrogen and oxygen atoms in total. The van der Waals surface area contributed by atoms with Crippen LogP contribution in [-0.2, 0) is 9.59 Å². The minimum Gasteiger partial charge on any atom is -0.481 e. The number of carboxylic acid groups (broad SMARTS) is 1. The molecule has 1 heterocycles. The number of hydrogen-bond acceptors (Lipinski definition) is 3. The van der Waals surface area contributed by atoms with E-state index in [9.17, 15) is 14.4 Å². The van der Waals surface area contributed by atoms with Gasteiger partial charge in [0, 0.05) is 19.6 Å². The van der Waals surface area contributed by atoms with Crippen molar-refractivity contribution in [1.29, 1.82) is 0 Å². The molecular weight excluding hydrogens is 250 g/mol. The quantitative estimate of drug-likeness (QED) is 0.671. The van der Waals surface area contributed by atoms with Crippen LogP contribution in [0.3, 0.4) is 0 Å². The van der Waals surface area contributed by atoms with E-state index >= 15 is 0 Å². The summed E-state index contributed by atoms with van der Waals surface area (Å²) >= 11 is 0. The first-order chi connectivity index (χ1) is 8.89. The van der Waals surface area contributed by atoms with E-state index in [1.807, 2.05) is 0 Å². The van der Waals surface area contributed by atoms with Gasteiger partial charge in [0.15, 0.2) is 0 Å². The second-order valence-electron chi connectivity index (χ2n) is 5.00. The van der Waals surface area contributed by atoms with Gasteiger partial charge in [-0.2, -0.15) is 0 Å².